The minimum Gasteiger partial charge on any atom is -0.481 e. The lowest BCUT2D eigenvalue weighted by molar-refractivity contribution is -0.177. The van der Waals surface area contributed by atoms with Crippen molar-refractivity contribution in [3.8, 4) is 0 Å². The van der Waals surface area contributed by atoms with Crippen molar-refractivity contribution in [2.24, 2.45) is 23.7 Å². The third-order valence-corrected chi connectivity index (χ3v) is 9.00. The first-order chi connectivity index (χ1) is 24.3. The normalized spacial score (nSPS) is 16.5. The molecule has 0 heterocycles. The average Bonchev–Trinajstić information content (AvgIpc) is 3.02. The van der Waals surface area contributed by atoms with Crippen molar-refractivity contribution in [3.63, 3.8) is 0 Å². The van der Waals surface area contributed by atoms with E-state index in [0.717, 1.165) is 25.7 Å². The monoisotopic (exact) mass is 747 g/mol. The minimum atomic E-state index is -1.56. The summed E-state index contributed by atoms with van der Waals surface area (Å²) in [5.74, 6) is -11.7. The van der Waals surface area contributed by atoms with Gasteiger partial charge in [-0.05, 0) is 38.0 Å². The maximum absolute atomic E-state index is 13.1. The molecule has 52 heavy (non-hydrogen) atoms. The van der Waals surface area contributed by atoms with Crippen molar-refractivity contribution >= 4 is 41.7 Å². The molecule has 0 fully saturated rings. The number of aliphatic hydroxyl groups excluding tert-OH is 2. The fraction of sp³-hybridized carbons (Fsp3) is 0.806. The molecule has 16 nitrogen and oxygen atoms in total. The van der Waals surface area contributed by atoms with Gasteiger partial charge in [0, 0.05) is 13.3 Å². The molecule has 0 unspecified atom stereocenters. The van der Waals surface area contributed by atoms with Gasteiger partial charge in [0.2, 0.25) is 5.91 Å². The van der Waals surface area contributed by atoms with Gasteiger partial charge < -0.3 is 45.4 Å². The number of nitrogens with one attached hydrogen (secondary N) is 1. The summed E-state index contributed by atoms with van der Waals surface area (Å²) < 4.78 is 11.5. The molecule has 9 atom stereocenters. The number of ether oxygens (including phenoxy) is 2. The Balaban J connectivity index is 5.75. The van der Waals surface area contributed by atoms with Crippen LogP contribution in [-0.4, -0.2) is 103 Å². The van der Waals surface area contributed by atoms with Crippen molar-refractivity contribution in [2.75, 3.05) is 0 Å². The second kappa shape index (κ2) is 26.0. The Bertz CT molecular complexity index is 1140. The van der Waals surface area contributed by atoms with Gasteiger partial charge in [-0.2, -0.15) is 0 Å². The average molecular weight is 748 g/mol. The lowest BCUT2D eigenvalue weighted by atomic mass is 9.87. The van der Waals surface area contributed by atoms with Crippen LogP contribution in [0.15, 0.2) is 0 Å². The van der Waals surface area contributed by atoms with E-state index in [-0.39, 0.29) is 24.7 Å². The Hall–Kier alpha value is -3.79. The molecule has 0 saturated heterocycles. The number of amides is 1. The summed E-state index contributed by atoms with van der Waals surface area (Å²) in [6.07, 6.45) is -0.416. The highest BCUT2D eigenvalue weighted by Crippen LogP contribution is 2.29. The zero-order valence-corrected chi connectivity index (χ0v) is 31.2. The predicted octanol–water partition coefficient (Wildman–Crippen LogP) is 3.77. The number of carboxylic acid groups (broad SMARTS) is 4. The SMILES string of the molecule is CCCC[C@H](C)[C@H](OC(=O)C[C@H](CC(=O)O)C(=O)O)[C@H](C[C@H](C)CCCCCC[C@H](O)C[C@H](O)[C@H](C)NC(C)=O)OC(=O)C[C@@H](CC(=O)O)C(=O)O. The molecule has 0 radical (unpaired) electrons. The first kappa shape index (κ1) is 48.2. The number of hydrogen-bond donors (Lipinski definition) is 7. The van der Waals surface area contributed by atoms with Crippen molar-refractivity contribution in [1.29, 1.82) is 0 Å². The molecule has 0 aromatic carbocycles. The Kier molecular flexibility index (Phi) is 24.2. The zero-order chi connectivity index (χ0) is 40.0. The lowest BCUT2D eigenvalue weighted by Gasteiger charge is -2.33. The Morgan fingerprint density at radius 2 is 1.13 bits per heavy atom. The Morgan fingerprint density at radius 1 is 0.635 bits per heavy atom. The molecule has 16 heteroatoms. The van der Waals surface area contributed by atoms with Gasteiger partial charge in [-0.1, -0.05) is 65.7 Å². The second-order valence-corrected chi connectivity index (χ2v) is 14.1. The van der Waals surface area contributed by atoms with E-state index < -0.39 is 110 Å². The first-order valence-electron chi connectivity index (χ1n) is 18.2. The van der Waals surface area contributed by atoms with Gasteiger partial charge in [-0.3, -0.25) is 33.6 Å². The van der Waals surface area contributed by atoms with Crippen LogP contribution in [-0.2, 0) is 43.0 Å². The van der Waals surface area contributed by atoms with Gasteiger partial charge in [0.05, 0.1) is 55.8 Å². The van der Waals surface area contributed by atoms with Crippen LogP contribution >= 0.6 is 0 Å². The fourth-order valence-electron chi connectivity index (χ4n) is 5.99. The molecule has 0 saturated carbocycles. The fourth-order valence-corrected chi connectivity index (χ4v) is 5.99. The largest absolute Gasteiger partial charge is 0.481 e. The van der Waals surface area contributed by atoms with Crippen molar-refractivity contribution in [1.82, 2.24) is 5.32 Å². The second-order valence-electron chi connectivity index (χ2n) is 14.1. The number of carbonyl (C=O) groups is 7. The summed E-state index contributed by atoms with van der Waals surface area (Å²) in [5, 5.41) is 60.2. The van der Waals surface area contributed by atoms with Gasteiger partial charge in [-0.25, -0.2) is 0 Å². The number of aliphatic hydroxyl groups is 2. The van der Waals surface area contributed by atoms with E-state index in [2.05, 4.69) is 5.32 Å². The molecule has 0 spiro atoms. The highest BCUT2D eigenvalue weighted by atomic mass is 16.6. The smallest absolute Gasteiger partial charge is 0.307 e. The van der Waals surface area contributed by atoms with Crippen LogP contribution in [0.1, 0.15) is 131 Å². The lowest BCUT2D eigenvalue weighted by Crippen LogP contribution is -2.42. The van der Waals surface area contributed by atoms with Gasteiger partial charge in [0.15, 0.2) is 0 Å². The highest BCUT2D eigenvalue weighted by molar-refractivity contribution is 5.84. The van der Waals surface area contributed by atoms with Crippen molar-refractivity contribution in [2.45, 2.75) is 161 Å². The number of hydrogen-bond acceptors (Lipinski definition) is 11. The summed E-state index contributed by atoms with van der Waals surface area (Å²) in [5.41, 5.74) is 0. The summed E-state index contributed by atoms with van der Waals surface area (Å²) in [6, 6.07) is -0.489. The highest BCUT2D eigenvalue weighted by Gasteiger charge is 2.37. The van der Waals surface area contributed by atoms with E-state index in [1.807, 2.05) is 13.8 Å². The number of unbranched alkanes of at least 4 members (excludes halogenated alkanes) is 4. The molecule has 0 aliphatic heterocycles. The maximum atomic E-state index is 13.1. The predicted molar refractivity (Wildman–Crippen MR) is 186 cm³/mol. The Labute approximate surface area is 305 Å². The van der Waals surface area contributed by atoms with Gasteiger partial charge in [0.1, 0.15) is 12.2 Å². The maximum Gasteiger partial charge on any atom is 0.307 e. The van der Waals surface area contributed by atoms with Crippen LogP contribution in [0.2, 0.25) is 0 Å². The van der Waals surface area contributed by atoms with Gasteiger partial charge in [0.25, 0.3) is 0 Å². The zero-order valence-electron chi connectivity index (χ0n) is 31.2. The topological polar surface area (TPSA) is 271 Å². The third kappa shape index (κ3) is 22.2. The number of esters is 2. The number of carbonyl (C=O) groups excluding carboxylic acids is 3. The van der Waals surface area contributed by atoms with Crippen LogP contribution in [0.3, 0.4) is 0 Å². The molecule has 0 aromatic rings. The molecule has 0 rings (SSSR count). The van der Waals surface area contributed by atoms with Crippen molar-refractivity contribution < 1.29 is 73.7 Å². The molecular weight excluding hydrogens is 686 g/mol. The first-order valence-corrected chi connectivity index (χ1v) is 18.2. The standard InChI is InChI=1S/C36H61NO15/c1-6-7-13-22(3)34(52-33(46)19-26(36(49)50)17-31(43)44)29(51-32(45)18-25(35(47)48)16-30(41)42)15-21(2)12-10-8-9-11-14-27(39)20-28(40)23(4)37-24(5)38/h21-23,25-29,34,39-40H,6-20H2,1-5H3,(H,37,38)(H,41,42)(H,43,44)(H,47,48)(H,49,50)/t21-,22+,23+,25-,26+,27+,28+,29+,34+/m1/s1. The molecule has 300 valence electrons. The van der Waals surface area contributed by atoms with E-state index in [1.165, 1.54) is 6.92 Å². The quantitative estimate of drug-likeness (QED) is 0.0407. The number of rotatable bonds is 30. The van der Waals surface area contributed by atoms with Crippen LogP contribution in [0.5, 0.6) is 0 Å². The Morgan fingerprint density at radius 3 is 1.60 bits per heavy atom. The molecule has 0 aliphatic rings. The van der Waals surface area contributed by atoms with Crippen LogP contribution in [0, 0.1) is 23.7 Å². The molecule has 0 aliphatic carbocycles. The molecule has 1 amide bonds. The molecule has 0 aromatic heterocycles. The number of carboxylic acids is 4. The van der Waals surface area contributed by atoms with E-state index in [1.54, 1.807) is 13.8 Å². The molecule has 7 N–H and O–H groups in total. The minimum absolute atomic E-state index is 0.110. The summed E-state index contributed by atoms with van der Waals surface area (Å²) >= 11 is 0. The van der Waals surface area contributed by atoms with Crippen LogP contribution < -0.4 is 5.32 Å². The third-order valence-electron chi connectivity index (χ3n) is 9.00. The van der Waals surface area contributed by atoms with E-state index in [9.17, 15) is 54.0 Å². The summed E-state index contributed by atoms with van der Waals surface area (Å²) in [4.78, 5) is 82.9. The van der Waals surface area contributed by atoms with E-state index in [0.29, 0.717) is 32.1 Å². The van der Waals surface area contributed by atoms with E-state index >= 15 is 0 Å². The van der Waals surface area contributed by atoms with Crippen LogP contribution in [0.4, 0.5) is 0 Å². The number of aliphatic carboxylic acids is 4. The summed E-state index contributed by atoms with van der Waals surface area (Å²) in [6.45, 7) is 8.62. The summed E-state index contributed by atoms with van der Waals surface area (Å²) in [7, 11) is 0. The molecular formula is C36H61NO15. The molecule has 0 bridgehead atoms. The van der Waals surface area contributed by atoms with Gasteiger partial charge >= 0.3 is 35.8 Å². The van der Waals surface area contributed by atoms with Gasteiger partial charge in [-0.15, -0.1) is 0 Å². The van der Waals surface area contributed by atoms with Crippen molar-refractivity contribution in [3.05, 3.63) is 0 Å². The van der Waals surface area contributed by atoms with E-state index in [4.69, 9.17) is 19.7 Å². The van der Waals surface area contributed by atoms with Crippen LogP contribution in [0.25, 0.3) is 0 Å².